The van der Waals surface area contributed by atoms with E-state index < -0.39 is 0 Å². The second-order valence-electron chi connectivity index (χ2n) is 6.01. The number of hydrazone groups is 1. The number of aryl methyl sites for hydroxylation is 1. The average molecular weight is 368 g/mol. The first-order chi connectivity index (χ1) is 12.6. The molecule has 26 heavy (non-hydrogen) atoms. The lowest BCUT2D eigenvalue weighted by atomic mass is 10.1. The van der Waals surface area contributed by atoms with Gasteiger partial charge in [-0.2, -0.15) is 0 Å². The highest BCUT2D eigenvalue weighted by molar-refractivity contribution is 7.71. The Labute approximate surface area is 154 Å². The summed E-state index contributed by atoms with van der Waals surface area (Å²) in [5.41, 5.74) is 9.16. The van der Waals surface area contributed by atoms with Crippen molar-refractivity contribution in [3.05, 3.63) is 81.9 Å². The molecule has 0 bridgehead atoms. The van der Waals surface area contributed by atoms with Gasteiger partial charge >= 0.3 is 0 Å². The van der Waals surface area contributed by atoms with Crippen LogP contribution in [0.25, 0.3) is 5.69 Å². The standard InChI is InChI=1S/C18H17FN6S/c1-12-5-4-6-13(9-12)11-24-17(21-22-23-24)14-10-20-25(18(14)26)16-8-3-2-7-15(16)19/h2-10,20,22-23H,11H2,1H3. The molecule has 8 heteroatoms. The average Bonchev–Trinajstić information content (AvgIpc) is 3.22. The summed E-state index contributed by atoms with van der Waals surface area (Å²) >= 11 is 5.54. The van der Waals surface area contributed by atoms with Gasteiger partial charge in [0.15, 0.2) is 5.84 Å². The summed E-state index contributed by atoms with van der Waals surface area (Å²) in [5, 5.41) is 9.16. The smallest absolute Gasteiger partial charge is 0.177 e. The van der Waals surface area contributed by atoms with Crippen molar-refractivity contribution in [2.45, 2.75) is 13.5 Å². The number of nitrogens with zero attached hydrogens (tertiary/aromatic N) is 3. The molecule has 2 heterocycles. The van der Waals surface area contributed by atoms with E-state index in [1.165, 1.54) is 16.3 Å². The molecule has 1 aromatic heterocycles. The van der Waals surface area contributed by atoms with Crippen molar-refractivity contribution in [2.75, 3.05) is 0 Å². The maximum absolute atomic E-state index is 14.1. The summed E-state index contributed by atoms with van der Waals surface area (Å²) < 4.78 is 16.1. The van der Waals surface area contributed by atoms with E-state index in [-0.39, 0.29) is 5.82 Å². The molecule has 0 unspecified atom stereocenters. The first kappa shape index (κ1) is 16.5. The van der Waals surface area contributed by atoms with Crippen LogP contribution in [-0.2, 0) is 6.54 Å². The van der Waals surface area contributed by atoms with Gasteiger partial charge in [-0.05, 0) is 24.6 Å². The molecule has 0 spiro atoms. The van der Waals surface area contributed by atoms with Crippen molar-refractivity contribution in [2.24, 2.45) is 5.10 Å². The third-order valence-corrected chi connectivity index (χ3v) is 4.53. The van der Waals surface area contributed by atoms with Crippen molar-refractivity contribution in [3.63, 3.8) is 0 Å². The van der Waals surface area contributed by atoms with Gasteiger partial charge in [0.1, 0.15) is 10.5 Å². The van der Waals surface area contributed by atoms with Gasteiger partial charge in [-0.15, -0.1) is 10.6 Å². The molecule has 0 aliphatic carbocycles. The summed E-state index contributed by atoms with van der Waals surface area (Å²) in [4.78, 5) is 0. The topological polar surface area (TPSA) is 60.4 Å². The summed E-state index contributed by atoms with van der Waals surface area (Å²) in [7, 11) is 0. The van der Waals surface area contributed by atoms with Gasteiger partial charge in [0.2, 0.25) is 0 Å². The van der Waals surface area contributed by atoms with Crippen molar-refractivity contribution in [3.8, 4) is 5.69 Å². The van der Waals surface area contributed by atoms with E-state index in [1.54, 1.807) is 24.4 Å². The van der Waals surface area contributed by atoms with Crippen LogP contribution in [0.15, 0.2) is 59.8 Å². The number of nitrogens with one attached hydrogen (secondary N) is 3. The summed E-state index contributed by atoms with van der Waals surface area (Å²) in [6, 6.07) is 14.7. The van der Waals surface area contributed by atoms with Crippen LogP contribution in [0.3, 0.4) is 0 Å². The fourth-order valence-corrected chi connectivity index (χ4v) is 3.21. The van der Waals surface area contributed by atoms with Crippen LogP contribution in [0.5, 0.6) is 0 Å². The highest BCUT2D eigenvalue weighted by Crippen LogP contribution is 2.18. The Kier molecular flexibility index (Phi) is 4.27. The quantitative estimate of drug-likeness (QED) is 0.619. The Morgan fingerprint density at radius 2 is 2.00 bits per heavy atom. The maximum atomic E-state index is 14.1. The summed E-state index contributed by atoms with van der Waals surface area (Å²) in [6.45, 7) is 2.66. The third-order valence-electron chi connectivity index (χ3n) is 4.13. The SMILES string of the molecule is Cc1cccc(CN2NNN=C2c2c[nH]n(-c3ccccc3F)c2=S)c1. The fourth-order valence-electron chi connectivity index (χ4n) is 2.91. The molecule has 3 aromatic rings. The normalized spacial score (nSPS) is 13.6. The lowest BCUT2D eigenvalue weighted by Gasteiger charge is -2.18. The largest absolute Gasteiger partial charge is 0.299 e. The number of benzene rings is 2. The maximum Gasteiger partial charge on any atom is 0.177 e. The van der Waals surface area contributed by atoms with Gasteiger partial charge in [-0.25, -0.2) is 14.6 Å². The molecule has 0 saturated carbocycles. The van der Waals surface area contributed by atoms with Crippen molar-refractivity contribution in [1.82, 2.24) is 25.9 Å². The Bertz CT molecular complexity index is 1040. The Morgan fingerprint density at radius 1 is 1.15 bits per heavy atom. The van der Waals surface area contributed by atoms with Gasteiger partial charge in [0, 0.05) is 6.20 Å². The van der Waals surface area contributed by atoms with E-state index in [2.05, 4.69) is 46.4 Å². The zero-order valence-electron chi connectivity index (χ0n) is 14.0. The Morgan fingerprint density at radius 3 is 2.81 bits per heavy atom. The van der Waals surface area contributed by atoms with Crippen LogP contribution in [0.4, 0.5) is 4.39 Å². The first-order valence-corrected chi connectivity index (χ1v) is 8.51. The highest BCUT2D eigenvalue weighted by atomic mass is 32.1. The van der Waals surface area contributed by atoms with Crippen LogP contribution in [0.1, 0.15) is 16.7 Å². The molecule has 132 valence electrons. The Hall–Kier alpha value is -2.97. The highest BCUT2D eigenvalue weighted by Gasteiger charge is 2.22. The second kappa shape index (κ2) is 6.74. The number of amidine groups is 1. The molecule has 6 nitrogen and oxygen atoms in total. The molecule has 0 radical (unpaired) electrons. The molecule has 0 saturated heterocycles. The minimum absolute atomic E-state index is 0.349. The molecule has 0 amide bonds. The number of aromatic nitrogens is 2. The lowest BCUT2D eigenvalue weighted by Crippen LogP contribution is -2.40. The molecule has 0 fully saturated rings. The lowest BCUT2D eigenvalue weighted by molar-refractivity contribution is 0.288. The monoisotopic (exact) mass is 368 g/mol. The van der Waals surface area contributed by atoms with E-state index in [1.807, 2.05) is 11.1 Å². The molecule has 1 aliphatic heterocycles. The van der Waals surface area contributed by atoms with Gasteiger partial charge in [-0.3, -0.25) is 10.1 Å². The van der Waals surface area contributed by atoms with E-state index in [9.17, 15) is 4.39 Å². The summed E-state index contributed by atoms with van der Waals surface area (Å²) in [5.74, 6) is 0.293. The fraction of sp³-hybridized carbons (Fsp3) is 0.111. The zero-order valence-corrected chi connectivity index (χ0v) is 14.8. The van der Waals surface area contributed by atoms with Gasteiger partial charge < -0.3 is 0 Å². The van der Waals surface area contributed by atoms with Gasteiger partial charge in [0.05, 0.1) is 17.8 Å². The predicted octanol–water partition coefficient (Wildman–Crippen LogP) is 3.17. The van der Waals surface area contributed by atoms with Gasteiger partial charge in [-0.1, -0.05) is 54.2 Å². The number of hydrogen-bond donors (Lipinski definition) is 3. The van der Waals surface area contributed by atoms with Crippen LogP contribution >= 0.6 is 12.2 Å². The van der Waals surface area contributed by atoms with Crippen molar-refractivity contribution in [1.29, 1.82) is 0 Å². The summed E-state index contributed by atoms with van der Waals surface area (Å²) in [6.07, 6.45) is 1.73. The second-order valence-corrected chi connectivity index (χ2v) is 6.40. The van der Waals surface area contributed by atoms with Crippen LogP contribution in [-0.4, -0.2) is 20.6 Å². The van der Waals surface area contributed by atoms with E-state index in [0.29, 0.717) is 28.3 Å². The predicted molar refractivity (Wildman–Crippen MR) is 100 cm³/mol. The van der Waals surface area contributed by atoms with Gasteiger partial charge in [0.25, 0.3) is 0 Å². The number of rotatable bonds is 4. The minimum atomic E-state index is -0.349. The van der Waals surface area contributed by atoms with E-state index in [0.717, 1.165) is 5.56 Å². The number of halogens is 1. The molecular formula is C18H17FN6S. The molecule has 2 aromatic carbocycles. The van der Waals surface area contributed by atoms with Crippen LogP contribution < -0.4 is 11.1 Å². The number of para-hydroxylation sites is 1. The number of H-pyrrole nitrogens is 1. The van der Waals surface area contributed by atoms with E-state index in [4.69, 9.17) is 12.2 Å². The molecule has 3 N–H and O–H groups in total. The molecule has 1 aliphatic rings. The van der Waals surface area contributed by atoms with Crippen LogP contribution in [0.2, 0.25) is 0 Å². The first-order valence-electron chi connectivity index (χ1n) is 8.10. The minimum Gasteiger partial charge on any atom is -0.299 e. The van der Waals surface area contributed by atoms with Crippen molar-refractivity contribution < 1.29 is 4.39 Å². The van der Waals surface area contributed by atoms with Crippen molar-refractivity contribution >= 4 is 18.1 Å². The molecular weight excluding hydrogens is 351 g/mol. The zero-order chi connectivity index (χ0) is 18.1. The molecule has 4 rings (SSSR count). The number of hydrogen-bond acceptors (Lipinski definition) is 5. The number of hydrazine groups is 2. The molecule has 0 atom stereocenters. The van der Waals surface area contributed by atoms with E-state index >= 15 is 0 Å². The Balaban J connectivity index is 1.65. The third kappa shape index (κ3) is 3.00. The number of aromatic amines is 1. The van der Waals surface area contributed by atoms with Crippen LogP contribution in [0, 0.1) is 17.4 Å².